The molecule has 0 aliphatic carbocycles. The summed E-state index contributed by atoms with van der Waals surface area (Å²) in [6, 6.07) is 0. The Morgan fingerprint density at radius 1 is 0.773 bits per heavy atom. The van der Waals surface area contributed by atoms with Crippen molar-refractivity contribution < 1.29 is 52.9 Å². The van der Waals surface area contributed by atoms with Crippen LogP contribution in [0.2, 0.25) is 0 Å². The molecule has 0 radical (unpaired) electrons. The van der Waals surface area contributed by atoms with Crippen LogP contribution in [0.4, 0.5) is 0 Å². The molecule has 0 saturated heterocycles. The van der Waals surface area contributed by atoms with Gasteiger partial charge in [0.15, 0.2) is 0 Å². The summed E-state index contributed by atoms with van der Waals surface area (Å²) in [5.41, 5.74) is 0. The number of hydrogen-bond donors (Lipinski definition) is 1. The van der Waals surface area contributed by atoms with E-state index in [-0.39, 0.29) is 44.2 Å². The molecule has 1 N–H and O–H groups in total. The second-order valence-corrected chi connectivity index (χ2v) is 6.49. The summed E-state index contributed by atoms with van der Waals surface area (Å²) >= 11 is 0. The third-order valence-electron chi connectivity index (χ3n) is 3.35. The number of hydrogen-bond acceptors (Lipinski definition) is 4. The van der Waals surface area contributed by atoms with E-state index in [4.69, 9.17) is 9.29 Å². The summed E-state index contributed by atoms with van der Waals surface area (Å²) in [5, 5.41) is 0. The van der Waals surface area contributed by atoms with E-state index in [0.29, 0.717) is 6.61 Å². The molecule has 0 bridgehead atoms. The molecule has 0 aliphatic rings. The Labute approximate surface area is 160 Å². The van der Waals surface area contributed by atoms with Crippen molar-refractivity contribution in [2.75, 3.05) is 19.8 Å². The van der Waals surface area contributed by atoms with E-state index in [9.17, 15) is 8.42 Å². The van der Waals surface area contributed by atoms with Gasteiger partial charge in [-0.3, -0.25) is 4.55 Å². The first-order chi connectivity index (χ1) is 10.1. The second kappa shape index (κ2) is 18.2. The van der Waals surface area contributed by atoms with Gasteiger partial charge in [-0.25, -0.2) is 4.18 Å². The van der Waals surface area contributed by atoms with Gasteiger partial charge in [0, 0.05) is 6.61 Å². The van der Waals surface area contributed by atoms with Gasteiger partial charge < -0.3 is 6.16 Å². The Morgan fingerprint density at radius 2 is 1.23 bits per heavy atom. The zero-order valence-electron chi connectivity index (χ0n) is 15.4. The van der Waals surface area contributed by atoms with Crippen LogP contribution in [0.3, 0.4) is 0 Å². The predicted octanol–water partition coefficient (Wildman–Crippen LogP) is 1.25. The van der Waals surface area contributed by atoms with Crippen LogP contribution in [-0.2, 0) is 19.3 Å². The molecule has 0 unspecified atom stereocenters. The molecule has 0 saturated carbocycles. The van der Waals surface area contributed by atoms with Crippen molar-refractivity contribution in [2.45, 2.75) is 77.6 Å². The van der Waals surface area contributed by atoms with Crippen LogP contribution in [0.5, 0.6) is 0 Å². The molecule has 0 aromatic carbocycles. The van der Waals surface area contributed by atoms with Crippen molar-refractivity contribution in [1.82, 2.24) is 0 Å². The van der Waals surface area contributed by atoms with Crippen LogP contribution in [-0.4, -0.2) is 32.8 Å². The average Bonchev–Trinajstić information content (AvgIpc) is 2.42. The largest absolute Gasteiger partial charge is 1.00 e. The maximum atomic E-state index is 10.2. The number of rotatable bonds is 16. The quantitative estimate of drug-likeness (QED) is 0.258. The minimum Gasteiger partial charge on any atom is -1.00 e. The van der Waals surface area contributed by atoms with Crippen LogP contribution < -0.4 is 29.6 Å². The minimum absolute atomic E-state index is 0. The van der Waals surface area contributed by atoms with E-state index in [0.717, 1.165) is 12.8 Å². The van der Waals surface area contributed by atoms with Gasteiger partial charge in [-0.2, -0.15) is 8.42 Å². The zero-order valence-corrected chi connectivity index (χ0v) is 17.2. The normalized spacial score (nSPS) is 11.4. The first-order valence-electron chi connectivity index (χ1n) is 8.26. The SMILES string of the molecule is CCCCCCCCCCCCCOCCOS(=O)(=O)O.[H-].[Na+]. The molecule has 22 heavy (non-hydrogen) atoms. The summed E-state index contributed by atoms with van der Waals surface area (Å²) in [6.07, 6.45) is 14.2. The Kier molecular flexibility index (Phi) is 20.7. The molecule has 0 amide bonds. The summed E-state index contributed by atoms with van der Waals surface area (Å²) in [7, 11) is -4.32. The van der Waals surface area contributed by atoms with E-state index in [1.807, 2.05) is 0 Å². The molecule has 0 spiro atoms. The molecule has 0 aliphatic heterocycles. The zero-order chi connectivity index (χ0) is 15.8. The Balaban J connectivity index is -0.00000200. The Hall–Kier alpha value is 0.830. The van der Waals surface area contributed by atoms with Gasteiger partial charge in [0.05, 0.1) is 13.2 Å². The first-order valence-corrected chi connectivity index (χ1v) is 9.62. The molecule has 0 heterocycles. The summed E-state index contributed by atoms with van der Waals surface area (Å²) < 4.78 is 38.2. The molecule has 5 nitrogen and oxygen atoms in total. The van der Waals surface area contributed by atoms with E-state index in [1.54, 1.807) is 0 Å². The summed E-state index contributed by atoms with van der Waals surface area (Å²) in [6.45, 7) is 2.92. The maximum Gasteiger partial charge on any atom is 1.00 e. The summed E-state index contributed by atoms with van der Waals surface area (Å²) in [4.78, 5) is 0. The fourth-order valence-corrected chi connectivity index (χ4v) is 2.45. The van der Waals surface area contributed by atoms with E-state index >= 15 is 0 Å². The molecule has 0 aromatic rings. The van der Waals surface area contributed by atoms with Crippen LogP contribution in [0.1, 0.15) is 79.0 Å². The molecular formula is C15H33NaO5S. The van der Waals surface area contributed by atoms with E-state index in [1.165, 1.54) is 57.8 Å². The van der Waals surface area contributed by atoms with Crippen LogP contribution in [0.25, 0.3) is 0 Å². The molecular weight excluding hydrogens is 315 g/mol. The smallest absolute Gasteiger partial charge is 1.00 e. The monoisotopic (exact) mass is 348 g/mol. The molecule has 130 valence electrons. The van der Waals surface area contributed by atoms with Crippen molar-refractivity contribution in [2.24, 2.45) is 0 Å². The third kappa shape index (κ3) is 23.1. The predicted molar refractivity (Wildman–Crippen MR) is 85.9 cm³/mol. The van der Waals surface area contributed by atoms with Crippen molar-refractivity contribution in [3.8, 4) is 0 Å². The minimum atomic E-state index is -4.32. The van der Waals surface area contributed by atoms with Crippen LogP contribution in [0.15, 0.2) is 0 Å². The third-order valence-corrected chi connectivity index (χ3v) is 3.82. The fraction of sp³-hybridized carbons (Fsp3) is 1.00. The van der Waals surface area contributed by atoms with Crippen molar-refractivity contribution in [1.29, 1.82) is 0 Å². The Morgan fingerprint density at radius 3 is 1.68 bits per heavy atom. The number of unbranched alkanes of at least 4 members (excludes halogenated alkanes) is 10. The molecule has 0 fully saturated rings. The molecule has 0 aromatic heterocycles. The topological polar surface area (TPSA) is 72.8 Å². The van der Waals surface area contributed by atoms with Crippen LogP contribution in [0, 0.1) is 0 Å². The van der Waals surface area contributed by atoms with Gasteiger partial charge in [-0.1, -0.05) is 71.1 Å². The maximum absolute atomic E-state index is 10.2. The van der Waals surface area contributed by atoms with Crippen molar-refractivity contribution in [3.63, 3.8) is 0 Å². The molecule has 0 rings (SSSR count). The van der Waals surface area contributed by atoms with E-state index < -0.39 is 10.4 Å². The molecule has 0 atom stereocenters. The number of ether oxygens (including phenoxy) is 1. The van der Waals surface area contributed by atoms with Crippen molar-refractivity contribution in [3.05, 3.63) is 0 Å². The average molecular weight is 348 g/mol. The van der Waals surface area contributed by atoms with Crippen LogP contribution >= 0.6 is 0 Å². The van der Waals surface area contributed by atoms with Crippen molar-refractivity contribution >= 4 is 10.4 Å². The Bertz CT molecular complexity index is 315. The second-order valence-electron chi connectivity index (χ2n) is 5.40. The van der Waals surface area contributed by atoms with E-state index in [2.05, 4.69) is 11.1 Å². The fourth-order valence-electron chi connectivity index (χ4n) is 2.17. The van der Waals surface area contributed by atoms with Gasteiger partial charge in [-0.15, -0.1) is 0 Å². The summed E-state index contributed by atoms with van der Waals surface area (Å²) in [5.74, 6) is 0. The molecule has 7 heteroatoms. The van der Waals surface area contributed by atoms with Gasteiger partial charge in [0.1, 0.15) is 0 Å². The first kappa shape index (κ1) is 25.1. The van der Waals surface area contributed by atoms with Gasteiger partial charge in [0.25, 0.3) is 0 Å². The van der Waals surface area contributed by atoms with Gasteiger partial charge >= 0.3 is 40.0 Å². The van der Waals surface area contributed by atoms with Gasteiger partial charge in [-0.05, 0) is 6.42 Å². The van der Waals surface area contributed by atoms with Gasteiger partial charge in [0.2, 0.25) is 0 Å². The standard InChI is InChI=1S/C15H32O5S.Na.H/c1-2-3-4-5-6-7-8-9-10-11-12-13-19-14-15-20-21(16,17)18;;/h2-15H2,1H3,(H,16,17,18);;/q;+1;-1.